The highest BCUT2D eigenvalue weighted by Gasteiger charge is 2.35. The minimum absolute atomic E-state index is 0.101. The monoisotopic (exact) mass is 551 g/mol. The molecule has 1 amide bonds. The first-order valence-corrected chi connectivity index (χ1v) is 14.6. The van der Waals surface area contributed by atoms with Crippen molar-refractivity contribution in [3.8, 4) is 5.75 Å². The van der Waals surface area contributed by atoms with Crippen molar-refractivity contribution in [1.29, 1.82) is 0 Å². The minimum Gasteiger partial charge on any atom is -0.486 e. The first kappa shape index (κ1) is 28.6. The number of rotatable bonds is 9. The van der Waals surface area contributed by atoms with Gasteiger partial charge in [0.25, 0.3) is 15.9 Å². The SMILES string of the molecule is Cc1ccc(S(=O)(=O)Nc2cccc3c2O[C@H](CN(C)Cc2ccccc2)[C@H](C)CN([C@H](C)CO)C3=O)cc1. The van der Waals surface area contributed by atoms with Gasteiger partial charge in [0, 0.05) is 25.6 Å². The van der Waals surface area contributed by atoms with E-state index in [9.17, 15) is 18.3 Å². The number of hydrogen-bond donors (Lipinski definition) is 2. The van der Waals surface area contributed by atoms with Crippen molar-refractivity contribution in [3.05, 3.63) is 89.5 Å². The Morgan fingerprint density at radius 3 is 2.44 bits per heavy atom. The number of aliphatic hydroxyl groups is 1. The maximum atomic E-state index is 13.7. The number of carbonyl (C=O) groups excluding carboxylic acids is 1. The van der Waals surface area contributed by atoms with Crippen LogP contribution >= 0.6 is 0 Å². The number of likely N-dealkylation sites (N-methyl/N-ethyl adjacent to an activating group) is 1. The Hall–Kier alpha value is -3.40. The smallest absolute Gasteiger partial charge is 0.262 e. The lowest BCUT2D eigenvalue weighted by molar-refractivity contribution is 0.0344. The number of benzene rings is 3. The number of hydrogen-bond acceptors (Lipinski definition) is 6. The predicted octanol–water partition coefficient (Wildman–Crippen LogP) is 4.15. The summed E-state index contributed by atoms with van der Waals surface area (Å²) in [5.41, 5.74) is 2.56. The van der Waals surface area contributed by atoms with E-state index < -0.39 is 16.1 Å². The quantitative estimate of drug-likeness (QED) is 0.415. The lowest BCUT2D eigenvalue weighted by Crippen LogP contribution is -2.49. The van der Waals surface area contributed by atoms with Crippen LogP contribution in [-0.4, -0.2) is 68.1 Å². The second-order valence-electron chi connectivity index (χ2n) is 10.4. The van der Waals surface area contributed by atoms with Gasteiger partial charge in [-0.15, -0.1) is 0 Å². The number of carbonyl (C=O) groups is 1. The van der Waals surface area contributed by atoms with Crippen LogP contribution in [0.15, 0.2) is 77.7 Å². The Bertz CT molecular complexity index is 1380. The fourth-order valence-corrected chi connectivity index (χ4v) is 5.79. The van der Waals surface area contributed by atoms with E-state index in [0.29, 0.717) is 19.6 Å². The zero-order valence-corrected chi connectivity index (χ0v) is 23.7. The zero-order valence-electron chi connectivity index (χ0n) is 22.9. The van der Waals surface area contributed by atoms with Gasteiger partial charge in [-0.05, 0) is 50.7 Å². The maximum Gasteiger partial charge on any atom is 0.262 e. The van der Waals surface area contributed by atoms with Gasteiger partial charge in [-0.25, -0.2) is 8.42 Å². The van der Waals surface area contributed by atoms with Gasteiger partial charge >= 0.3 is 0 Å². The molecule has 0 saturated carbocycles. The summed E-state index contributed by atoms with van der Waals surface area (Å²) in [6.45, 7) is 7.15. The second-order valence-corrected chi connectivity index (χ2v) is 12.1. The number of aryl methyl sites for hydroxylation is 1. The summed E-state index contributed by atoms with van der Waals surface area (Å²) in [5.74, 6) is -0.222. The van der Waals surface area contributed by atoms with Crippen molar-refractivity contribution >= 4 is 21.6 Å². The number of anilines is 1. The Labute approximate surface area is 231 Å². The molecule has 208 valence electrons. The first-order valence-electron chi connectivity index (χ1n) is 13.1. The van der Waals surface area contributed by atoms with Crippen molar-refractivity contribution in [1.82, 2.24) is 9.80 Å². The van der Waals surface area contributed by atoms with Crippen LogP contribution in [0.4, 0.5) is 5.69 Å². The molecule has 0 spiro atoms. The Morgan fingerprint density at radius 2 is 1.77 bits per heavy atom. The Balaban J connectivity index is 1.71. The molecular weight excluding hydrogens is 514 g/mol. The number of ether oxygens (including phenoxy) is 1. The fraction of sp³-hybridized carbons (Fsp3) is 0.367. The van der Waals surface area contributed by atoms with Crippen LogP contribution in [0.2, 0.25) is 0 Å². The summed E-state index contributed by atoms with van der Waals surface area (Å²) in [5, 5.41) is 9.90. The van der Waals surface area contributed by atoms with Crippen molar-refractivity contribution in [2.24, 2.45) is 5.92 Å². The molecule has 0 aliphatic carbocycles. The van der Waals surface area contributed by atoms with Crippen molar-refractivity contribution in [2.75, 3.05) is 31.5 Å². The van der Waals surface area contributed by atoms with Gasteiger partial charge in [-0.2, -0.15) is 0 Å². The summed E-state index contributed by atoms with van der Waals surface area (Å²) in [6.07, 6.45) is -0.357. The Kier molecular flexibility index (Phi) is 8.94. The number of aliphatic hydroxyl groups excluding tert-OH is 1. The molecule has 1 heterocycles. The van der Waals surface area contributed by atoms with Crippen LogP contribution in [-0.2, 0) is 16.6 Å². The average molecular weight is 552 g/mol. The van der Waals surface area contributed by atoms with E-state index in [0.717, 1.165) is 11.1 Å². The van der Waals surface area contributed by atoms with E-state index >= 15 is 0 Å². The molecule has 2 N–H and O–H groups in total. The van der Waals surface area contributed by atoms with E-state index in [1.807, 2.05) is 39.1 Å². The van der Waals surface area contributed by atoms with Gasteiger partial charge < -0.3 is 14.7 Å². The van der Waals surface area contributed by atoms with Crippen LogP contribution in [0.3, 0.4) is 0 Å². The van der Waals surface area contributed by atoms with Crippen LogP contribution in [0, 0.1) is 12.8 Å². The lowest BCUT2D eigenvalue weighted by atomic mass is 9.99. The third-order valence-electron chi connectivity index (χ3n) is 7.05. The summed E-state index contributed by atoms with van der Waals surface area (Å²) in [7, 11) is -1.93. The molecule has 3 aromatic rings. The van der Waals surface area contributed by atoms with Crippen LogP contribution in [0.5, 0.6) is 5.75 Å². The number of fused-ring (bicyclic) bond motifs is 1. The molecule has 0 saturated heterocycles. The van der Waals surface area contributed by atoms with Crippen molar-refractivity contribution < 1.29 is 23.1 Å². The van der Waals surface area contributed by atoms with E-state index in [2.05, 4.69) is 21.8 Å². The number of nitrogens with one attached hydrogen (secondary N) is 1. The van der Waals surface area contributed by atoms with Crippen LogP contribution in [0.1, 0.15) is 35.3 Å². The van der Waals surface area contributed by atoms with E-state index in [1.54, 1.807) is 54.3 Å². The number of amides is 1. The predicted molar refractivity (Wildman–Crippen MR) is 152 cm³/mol. The maximum absolute atomic E-state index is 13.7. The van der Waals surface area contributed by atoms with E-state index in [-0.39, 0.29) is 46.4 Å². The number of para-hydroxylation sites is 1. The Morgan fingerprint density at radius 1 is 1.08 bits per heavy atom. The number of sulfonamides is 1. The molecule has 8 nitrogen and oxygen atoms in total. The van der Waals surface area contributed by atoms with E-state index in [4.69, 9.17) is 4.74 Å². The van der Waals surface area contributed by atoms with Gasteiger partial charge in [0.15, 0.2) is 5.75 Å². The summed E-state index contributed by atoms with van der Waals surface area (Å²) < 4.78 is 35.7. The average Bonchev–Trinajstić information content (AvgIpc) is 2.91. The normalized spacial score (nSPS) is 18.6. The molecule has 4 rings (SSSR count). The molecule has 39 heavy (non-hydrogen) atoms. The van der Waals surface area contributed by atoms with Crippen molar-refractivity contribution in [2.45, 2.75) is 44.4 Å². The largest absolute Gasteiger partial charge is 0.486 e. The van der Waals surface area contributed by atoms with E-state index in [1.165, 1.54) is 0 Å². The highest BCUT2D eigenvalue weighted by atomic mass is 32.2. The molecule has 3 atom stereocenters. The molecule has 0 radical (unpaired) electrons. The van der Waals surface area contributed by atoms with Gasteiger partial charge in [0.2, 0.25) is 0 Å². The molecule has 0 aromatic heterocycles. The highest BCUT2D eigenvalue weighted by Crippen LogP contribution is 2.36. The molecule has 1 aliphatic heterocycles. The lowest BCUT2D eigenvalue weighted by Gasteiger charge is -2.38. The number of nitrogens with zero attached hydrogens (tertiary/aromatic N) is 2. The summed E-state index contributed by atoms with van der Waals surface area (Å²) >= 11 is 0. The third-order valence-corrected chi connectivity index (χ3v) is 8.44. The molecule has 0 unspecified atom stereocenters. The highest BCUT2D eigenvalue weighted by molar-refractivity contribution is 7.92. The van der Waals surface area contributed by atoms with Gasteiger partial charge in [-0.3, -0.25) is 14.4 Å². The zero-order chi connectivity index (χ0) is 28.2. The first-order chi connectivity index (χ1) is 18.6. The fourth-order valence-electron chi connectivity index (χ4n) is 4.73. The van der Waals surface area contributed by atoms with Gasteiger partial charge in [-0.1, -0.05) is 61.0 Å². The molecule has 3 aromatic carbocycles. The summed E-state index contributed by atoms with van der Waals surface area (Å²) in [6, 6.07) is 21.1. The van der Waals surface area contributed by atoms with Crippen molar-refractivity contribution in [3.63, 3.8) is 0 Å². The molecule has 9 heteroatoms. The summed E-state index contributed by atoms with van der Waals surface area (Å²) in [4.78, 5) is 17.6. The minimum atomic E-state index is -3.94. The van der Waals surface area contributed by atoms with Gasteiger partial charge in [0.1, 0.15) is 6.10 Å². The molecular formula is C30H37N3O5S. The molecule has 0 bridgehead atoms. The standard InChI is InChI=1S/C30H37N3O5S/c1-21-13-15-25(16-14-21)39(36,37)31-27-12-8-11-26-29(27)38-28(19-32(4)18-24-9-6-5-7-10-24)22(2)17-33(30(26)35)23(3)20-34/h5-16,22-23,28,31,34H,17-20H2,1-4H3/t22-,23-,28-/m1/s1. The molecule has 1 aliphatic rings. The third kappa shape index (κ3) is 6.79. The topological polar surface area (TPSA) is 99.2 Å². The van der Waals surface area contributed by atoms with Crippen LogP contribution < -0.4 is 9.46 Å². The molecule has 0 fully saturated rings. The van der Waals surface area contributed by atoms with Gasteiger partial charge in [0.05, 0.1) is 28.8 Å². The van der Waals surface area contributed by atoms with Crippen LogP contribution in [0.25, 0.3) is 0 Å². The second kappa shape index (κ2) is 12.2.